The monoisotopic (exact) mass is 397 g/mol. The number of rotatable bonds is 9. The van der Waals surface area contributed by atoms with E-state index in [0.717, 1.165) is 12.0 Å². The molecule has 2 heterocycles. The molecule has 1 amide bonds. The number of nitrogens with one attached hydrogen (secondary N) is 1. The highest BCUT2D eigenvalue weighted by Crippen LogP contribution is 2.11. The fraction of sp³-hybridized carbons (Fsp3) is 0.333. The first kappa shape index (κ1) is 20.5. The molecule has 0 saturated heterocycles. The van der Waals surface area contributed by atoms with Crippen LogP contribution in [0.25, 0.3) is 0 Å². The Hall–Kier alpha value is -3.26. The highest BCUT2D eigenvalue weighted by Gasteiger charge is 2.17. The summed E-state index contributed by atoms with van der Waals surface area (Å²) in [6, 6.07) is 11.7. The number of nitrogens with zero attached hydrogens (tertiary/aromatic N) is 2. The lowest BCUT2D eigenvalue weighted by Gasteiger charge is -2.07. The maximum absolute atomic E-state index is 12.5. The maximum Gasteiger partial charge on any atom is 0.349 e. The van der Waals surface area contributed by atoms with E-state index < -0.39 is 11.5 Å². The van der Waals surface area contributed by atoms with Gasteiger partial charge in [-0.1, -0.05) is 35.5 Å². The Morgan fingerprint density at radius 3 is 2.69 bits per heavy atom. The first-order chi connectivity index (χ1) is 14.1. The molecule has 0 spiro atoms. The molecular formula is C21H23N3O5. The molecule has 0 radical (unpaired) electrons. The molecule has 0 aliphatic heterocycles. The van der Waals surface area contributed by atoms with Crippen LogP contribution in [0.1, 0.15) is 39.0 Å². The van der Waals surface area contributed by atoms with Crippen LogP contribution in [0, 0.1) is 6.92 Å². The van der Waals surface area contributed by atoms with Gasteiger partial charge in [-0.25, -0.2) is 4.79 Å². The number of hydrogen-bond acceptors (Lipinski definition) is 7. The molecule has 1 aromatic carbocycles. The van der Waals surface area contributed by atoms with Crippen LogP contribution in [0.5, 0.6) is 0 Å². The van der Waals surface area contributed by atoms with Gasteiger partial charge in [0.2, 0.25) is 5.89 Å². The third-order valence-electron chi connectivity index (χ3n) is 4.37. The summed E-state index contributed by atoms with van der Waals surface area (Å²) < 4.78 is 15.4. The Balaban J connectivity index is 1.61. The van der Waals surface area contributed by atoms with Crippen molar-refractivity contribution in [1.29, 1.82) is 0 Å². The molecule has 3 aromatic rings. The van der Waals surface area contributed by atoms with Gasteiger partial charge in [0.05, 0.1) is 19.6 Å². The van der Waals surface area contributed by atoms with Crippen LogP contribution in [0.4, 0.5) is 0 Å². The second-order valence-corrected chi connectivity index (χ2v) is 6.57. The molecule has 152 valence electrons. The number of ether oxygens (including phenoxy) is 1. The van der Waals surface area contributed by atoms with Crippen molar-refractivity contribution in [2.75, 3.05) is 13.7 Å². The summed E-state index contributed by atoms with van der Waals surface area (Å²) in [6.07, 6.45) is 1.82. The van der Waals surface area contributed by atoms with Crippen molar-refractivity contribution < 1.29 is 18.5 Å². The molecule has 0 bridgehead atoms. The highest BCUT2D eigenvalue weighted by atomic mass is 16.5. The van der Waals surface area contributed by atoms with Gasteiger partial charge in [0, 0.05) is 13.5 Å². The van der Waals surface area contributed by atoms with Crippen LogP contribution in [0.3, 0.4) is 0 Å². The van der Waals surface area contributed by atoms with Crippen molar-refractivity contribution in [3.63, 3.8) is 0 Å². The van der Waals surface area contributed by atoms with Crippen LogP contribution < -0.4 is 10.9 Å². The molecule has 0 unspecified atom stereocenters. The number of carbonyl (C=O) groups excluding carboxylic acids is 1. The maximum atomic E-state index is 12.5. The number of benzene rings is 1. The van der Waals surface area contributed by atoms with Crippen LogP contribution in [-0.2, 0) is 30.5 Å². The smallest absolute Gasteiger partial charge is 0.349 e. The molecule has 0 aliphatic rings. The minimum atomic E-state index is -0.653. The minimum Gasteiger partial charge on any atom is -0.427 e. The van der Waals surface area contributed by atoms with Crippen molar-refractivity contribution in [3.8, 4) is 0 Å². The van der Waals surface area contributed by atoms with Crippen LogP contribution in [-0.4, -0.2) is 29.8 Å². The van der Waals surface area contributed by atoms with Gasteiger partial charge in [0.1, 0.15) is 11.3 Å². The fourth-order valence-corrected chi connectivity index (χ4v) is 2.88. The molecule has 8 heteroatoms. The number of aromatic nitrogens is 2. The Kier molecular flexibility index (Phi) is 6.91. The molecule has 0 saturated carbocycles. The third kappa shape index (κ3) is 5.61. The predicted molar refractivity (Wildman–Crippen MR) is 105 cm³/mol. The molecular weight excluding hydrogens is 374 g/mol. The Morgan fingerprint density at radius 1 is 1.17 bits per heavy atom. The van der Waals surface area contributed by atoms with Gasteiger partial charge in [-0.15, -0.1) is 0 Å². The first-order valence-corrected chi connectivity index (χ1v) is 9.33. The van der Waals surface area contributed by atoms with Crippen LogP contribution >= 0.6 is 0 Å². The van der Waals surface area contributed by atoms with Crippen LogP contribution in [0.2, 0.25) is 0 Å². The second-order valence-electron chi connectivity index (χ2n) is 6.57. The van der Waals surface area contributed by atoms with E-state index in [4.69, 9.17) is 13.7 Å². The summed E-state index contributed by atoms with van der Waals surface area (Å²) in [5.41, 5.74) is 1.05. The molecule has 8 nitrogen and oxygen atoms in total. The van der Waals surface area contributed by atoms with E-state index in [1.807, 2.05) is 30.3 Å². The van der Waals surface area contributed by atoms with Crippen LogP contribution in [0.15, 0.2) is 50.1 Å². The number of methoxy groups -OCH3 is 1. The average molecular weight is 397 g/mol. The summed E-state index contributed by atoms with van der Waals surface area (Å²) in [6.45, 7) is 2.23. The number of aryl methyl sites for hydroxylation is 3. The Labute approximate surface area is 167 Å². The molecule has 0 aliphatic carbocycles. The molecule has 0 atom stereocenters. The van der Waals surface area contributed by atoms with E-state index in [2.05, 4.69) is 15.5 Å². The van der Waals surface area contributed by atoms with Crippen molar-refractivity contribution >= 4 is 5.91 Å². The average Bonchev–Trinajstić information content (AvgIpc) is 3.17. The standard InChI is InChI=1S/C21H23N3O5/c1-14-12-16(9-8-15-6-4-3-5-7-15)28-21(26)19(14)20(25)22-13-17-23-18(29-24-17)10-11-27-2/h3-7,12H,8-11,13H2,1-2H3,(H,22,25). The van der Waals surface area contributed by atoms with E-state index in [1.54, 1.807) is 20.1 Å². The van der Waals surface area contributed by atoms with E-state index in [0.29, 0.717) is 42.5 Å². The Bertz CT molecular complexity index is 1010. The van der Waals surface area contributed by atoms with Gasteiger partial charge >= 0.3 is 5.63 Å². The predicted octanol–water partition coefficient (Wildman–Crippen LogP) is 2.24. The van der Waals surface area contributed by atoms with Gasteiger partial charge < -0.3 is 19.0 Å². The summed E-state index contributed by atoms with van der Waals surface area (Å²) in [5, 5.41) is 6.42. The van der Waals surface area contributed by atoms with E-state index in [1.165, 1.54) is 0 Å². The number of carbonyl (C=O) groups is 1. The van der Waals surface area contributed by atoms with Crippen molar-refractivity contribution in [2.24, 2.45) is 0 Å². The van der Waals surface area contributed by atoms with Crippen molar-refractivity contribution in [2.45, 2.75) is 32.7 Å². The quantitative estimate of drug-likeness (QED) is 0.590. The zero-order valence-electron chi connectivity index (χ0n) is 16.4. The molecule has 3 rings (SSSR count). The second kappa shape index (κ2) is 9.79. The van der Waals surface area contributed by atoms with Gasteiger partial charge in [-0.3, -0.25) is 4.79 Å². The topological polar surface area (TPSA) is 107 Å². The summed E-state index contributed by atoms with van der Waals surface area (Å²) >= 11 is 0. The van der Waals surface area contributed by atoms with Gasteiger partial charge in [-0.2, -0.15) is 4.98 Å². The highest BCUT2D eigenvalue weighted by molar-refractivity contribution is 5.94. The van der Waals surface area contributed by atoms with Gasteiger partial charge in [0.15, 0.2) is 5.82 Å². The summed E-state index contributed by atoms with van der Waals surface area (Å²) in [7, 11) is 1.58. The minimum absolute atomic E-state index is 0.0171. The zero-order chi connectivity index (χ0) is 20.6. The molecule has 0 fully saturated rings. The van der Waals surface area contributed by atoms with E-state index in [9.17, 15) is 9.59 Å². The molecule has 29 heavy (non-hydrogen) atoms. The summed E-state index contributed by atoms with van der Waals surface area (Å²) in [4.78, 5) is 29.0. The Morgan fingerprint density at radius 2 is 1.97 bits per heavy atom. The van der Waals surface area contributed by atoms with Gasteiger partial charge in [-0.05, 0) is 30.5 Å². The summed E-state index contributed by atoms with van der Waals surface area (Å²) in [5.74, 6) is 0.767. The lowest BCUT2D eigenvalue weighted by Crippen LogP contribution is -2.29. The lowest BCUT2D eigenvalue weighted by molar-refractivity contribution is 0.0944. The van der Waals surface area contributed by atoms with Gasteiger partial charge in [0.25, 0.3) is 5.91 Å². The fourth-order valence-electron chi connectivity index (χ4n) is 2.88. The number of hydrogen-bond donors (Lipinski definition) is 1. The zero-order valence-corrected chi connectivity index (χ0v) is 16.4. The van der Waals surface area contributed by atoms with E-state index >= 15 is 0 Å². The normalized spacial score (nSPS) is 10.8. The largest absolute Gasteiger partial charge is 0.427 e. The first-order valence-electron chi connectivity index (χ1n) is 9.33. The molecule has 1 N–H and O–H groups in total. The van der Waals surface area contributed by atoms with Crippen molar-refractivity contribution in [3.05, 3.63) is 81.0 Å². The van der Waals surface area contributed by atoms with Crippen molar-refractivity contribution in [1.82, 2.24) is 15.5 Å². The molecule has 2 aromatic heterocycles. The lowest BCUT2D eigenvalue weighted by atomic mass is 10.1. The van der Waals surface area contributed by atoms with E-state index in [-0.39, 0.29) is 12.1 Å². The number of amides is 1. The SMILES string of the molecule is COCCc1nc(CNC(=O)c2c(C)cc(CCc3ccccc3)oc2=O)no1. The third-order valence-corrected chi connectivity index (χ3v) is 4.37.